The maximum absolute atomic E-state index is 10.2. The lowest BCUT2D eigenvalue weighted by atomic mass is 10.6. The molecular formula is C6H6O5. The second-order valence-corrected chi connectivity index (χ2v) is 1.47. The van der Waals surface area contributed by atoms with Crippen molar-refractivity contribution in [1.82, 2.24) is 0 Å². The van der Waals surface area contributed by atoms with Crippen molar-refractivity contribution in [2.45, 2.75) is 0 Å². The monoisotopic (exact) mass is 158 g/mol. The van der Waals surface area contributed by atoms with Gasteiger partial charge in [-0.25, -0.2) is 4.79 Å². The summed E-state index contributed by atoms with van der Waals surface area (Å²) >= 11 is 0. The summed E-state index contributed by atoms with van der Waals surface area (Å²) in [7, 11) is 0. The lowest BCUT2D eigenvalue weighted by Gasteiger charge is -1.90. The van der Waals surface area contributed by atoms with E-state index in [1.54, 1.807) is 6.07 Å². The average Bonchev–Trinajstić information content (AvgIpc) is 2.40. The van der Waals surface area contributed by atoms with Crippen LogP contribution in [-0.4, -0.2) is 17.7 Å². The van der Waals surface area contributed by atoms with Gasteiger partial charge in [0.25, 0.3) is 5.95 Å². The van der Waals surface area contributed by atoms with E-state index in [1.807, 2.05) is 0 Å². The lowest BCUT2D eigenvalue weighted by molar-refractivity contribution is -0.142. The molecule has 1 aromatic heterocycles. The topological polar surface area (TPSA) is 88.0 Å². The number of rotatable bonds is 2. The highest BCUT2D eigenvalue weighted by atomic mass is 16.6. The molecule has 0 bridgehead atoms. The van der Waals surface area contributed by atoms with Crippen LogP contribution >= 0.6 is 0 Å². The second-order valence-electron chi connectivity index (χ2n) is 1.47. The van der Waals surface area contributed by atoms with Crippen LogP contribution in [-0.2, 0) is 9.59 Å². The average molecular weight is 158 g/mol. The van der Waals surface area contributed by atoms with E-state index in [1.165, 1.54) is 12.3 Å². The first-order valence-corrected chi connectivity index (χ1v) is 2.53. The summed E-state index contributed by atoms with van der Waals surface area (Å²) in [5.41, 5.74) is 0. The Bertz CT molecular complexity index is 225. The van der Waals surface area contributed by atoms with Crippen molar-refractivity contribution < 1.29 is 24.2 Å². The zero-order chi connectivity index (χ0) is 7.40. The minimum atomic E-state index is -0.963. The number of carbonyl (C=O) groups excluding carboxylic acids is 2. The van der Waals surface area contributed by atoms with Crippen molar-refractivity contribution in [3.8, 4) is 5.95 Å². The number of ether oxygens (including phenoxy) is 1. The van der Waals surface area contributed by atoms with E-state index in [4.69, 9.17) is 0 Å². The van der Waals surface area contributed by atoms with Crippen LogP contribution < -0.4 is 4.74 Å². The number of hydrogen-bond donors (Lipinski definition) is 0. The van der Waals surface area contributed by atoms with Gasteiger partial charge < -0.3 is 14.6 Å². The molecule has 0 atom stereocenters. The van der Waals surface area contributed by atoms with E-state index < -0.39 is 5.97 Å². The molecule has 1 aromatic rings. The maximum Gasteiger partial charge on any atom is 0.379 e. The molecule has 0 aromatic carbocycles. The number of furan rings is 1. The van der Waals surface area contributed by atoms with Gasteiger partial charge in [0.1, 0.15) is 0 Å². The molecule has 0 saturated heterocycles. The Hall–Kier alpha value is -1.62. The number of hydrogen-bond acceptors (Lipinski definition) is 4. The molecule has 0 radical (unpaired) electrons. The van der Waals surface area contributed by atoms with Crippen LogP contribution in [0, 0.1) is 0 Å². The molecule has 1 heterocycles. The molecule has 60 valence electrons. The summed E-state index contributed by atoms with van der Waals surface area (Å²) in [5.74, 6) is -0.938. The fourth-order valence-corrected chi connectivity index (χ4v) is 0.445. The van der Waals surface area contributed by atoms with E-state index in [9.17, 15) is 9.59 Å². The van der Waals surface area contributed by atoms with Crippen LogP contribution in [0.25, 0.3) is 0 Å². The largest absolute Gasteiger partial charge is 0.434 e. The highest BCUT2D eigenvalue weighted by Gasteiger charge is 2.02. The first-order chi connectivity index (χ1) is 4.83. The molecule has 0 spiro atoms. The first-order valence-electron chi connectivity index (χ1n) is 2.53. The Kier molecular flexibility index (Phi) is 3.61. The molecule has 0 saturated carbocycles. The van der Waals surface area contributed by atoms with Crippen molar-refractivity contribution in [3.63, 3.8) is 0 Å². The molecule has 5 heteroatoms. The van der Waals surface area contributed by atoms with Crippen LogP contribution in [0.2, 0.25) is 0 Å². The van der Waals surface area contributed by atoms with E-state index >= 15 is 0 Å². The van der Waals surface area contributed by atoms with Crippen LogP contribution in [0.5, 0.6) is 5.95 Å². The normalized spacial score (nSPS) is 8.00. The van der Waals surface area contributed by atoms with Crippen molar-refractivity contribution in [1.29, 1.82) is 0 Å². The Labute approximate surface area is 61.9 Å². The number of esters is 1. The molecule has 0 fully saturated rings. The SMILES string of the molecule is O.O=CC(=O)Oc1ccco1. The highest BCUT2D eigenvalue weighted by molar-refractivity contribution is 6.21. The highest BCUT2D eigenvalue weighted by Crippen LogP contribution is 2.08. The zero-order valence-electron chi connectivity index (χ0n) is 5.44. The Morgan fingerprint density at radius 2 is 2.36 bits per heavy atom. The van der Waals surface area contributed by atoms with Gasteiger partial charge in [-0.2, -0.15) is 0 Å². The maximum atomic E-state index is 10.2. The van der Waals surface area contributed by atoms with Gasteiger partial charge in [0, 0.05) is 6.07 Å². The van der Waals surface area contributed by atoms with Gasteiger partial charge in [-0.05, 0) is 6.07 Å². The Morgan fingerprint density at radius 1 is 1.64 bits per heavy atom. The molecule has 0 aliphatic carbocycles. The van der Waals surface area contributed by atoms with Crippen molar-refractivity contribution >= 4 is 12.3 Å². The van der Waals surface area contributed by atoms with Gasteiger partial charge in [-0.15, -0.1) is 0 Å². The van der Waals surface area contributed by atoms with Gasteiger partial charge >= 0.3 is 5.97 Å². The van der Waals surface area contributed by atoms with Gasteiger partial charge in [-0.3, -0.25) is 4.79 Å². The molecular weight excluding hydrogens is 152 g/mol. The summed E-state index contributed by atoms with van der Waals surface area (Å²) in [5, 5.41) is 0. The van der Waals surface area contributed by atoms with Gasteiger partial charge in [-0.1, -0.05) is 0 Å². The Balaban J connectivity index is 0.000001000. The van der Waals surface area contributed by atoms with E-state index in [2.05, 4.69) is 9.15 Å². The molecule has 0 aliphatic rings. The summed E-state index contributed by atoms with van der Waals surface area (Å²) < 4.78 is 8.93. The fourth-order valence-electron chi connectivity index (χ4n) is 0.445. The summed E-state index contributed by atoms with van der Waals surface area (Å²) in [4.78, 5) is 19.9. The van der Waals surface area contributed by atoms with Crippen molar-refractivity contribution in [2.75, 3.05) is 0 Å². The molecule has 0 unspecified atom stereocenters. The first kappa shape index (κ1) is 9.38. The summed E-state index contributed by atoms with van der Waals surface area (Å²) in [6.45, 7) is 0. The molecule has 2 N–H and O–H groups in total. The Morgan fingerprint density at radius 3 is 2.82 bits per heavy atom. The standard InChI is InChI=1S/C6H4O4.H2O/c7-4-5(8)10-6-2-1-3-9-6;/h1-4H;1H2. The van der Waals surface area contributed by atoms with Crippen LogP contribution in [0.1, 0.15) is 0 Å². The predicted octanol–water partition coefficient (Wildman–Crippen LogP) is -0.441. The lowest BCUT2D eigenvalue weighted by Crippen LogP contribution is -2.07. The van der Waals surface area contributed by atoms with Crippen molar-refractivity contribution in [3.05, 3.63) is 18.4 Å². The third-order valence-electron chi connectivity index (χ3n) is 0.792. The van der Waals surface area contributed by atoms with E-state index in [0.717, 1.165) is 0 Å². The third-order valence-corrected chi connectivity index (χ3v) is 0.792. The molecule has 0 amide bonds. The van der Waals surface area contributed by atoms with Gasteiger partial charge in [0.2, 0.25) is 6.29 Å². The summed E-state index contributed by atoms with van der Waals surface area (Å²) in [6.07, 6.45) is 1.41. The fraction of sp³-hybridized carbons (Fsp3) is 0. The van der Waals surface area contributed by atoms with Crippen molar-refractivity contribution in [2.24, 2.45) is 0 Å². The molecule has 11 heavy (non-hydrogen) atoms. The molecule has 5 nitrogen and oxygen atoms in total. The number of carbonyl (C=O) groups is 2. The van der Waals surface area contributed by atoms with E-state index in [0.29, 0.717) is 0 Å². The third kappa shape index (κ3) is 2.63. The minimum absolute atomic E-state index is 0. The molecule has 0 aliphatic heterocycles. The minimum Gasteiger partial charge on any atom is -0.434 e. The zero-order valence-corrected chi connectivity index (χ0v) is 5.44. The van der Waals surface area contributed by atoms with Crippen LogP contribution in [0.3, 0.4) is 0 Å². The van der Waals surface area contributed by atoms with Crippen LogP contribution in [0.4, 0.5) is 0 Å². The van der Waals surface area contributed by atoms with Gasteiger partial charge in [0.05, 0.1) is 6.26 Å². The summed E-state index contributed by atoms with van der Waals surface area (Å²) in [6, 6.07) is 2.98. The van der Waals surface area contributed by atoms with Crippen LogP contribution in [0.15, 0.2) is 22.8 Å². The van der Waals surface area contributed by atoms with E-state index in [-0.39, 0.29) is 17.7 Å². The quantitative estimate of drug-likeness (QED) is 0.331. The predicted molar refractivity (Wildman–Crippen MR) is 34.0 cm³/mol. The second kappa shape index (κ2) is 4.24. The molecule has 1 rings (SSSR count). The van der Waals surface area contributed by atoms with Gasteiger partial charge in [0.15, 0.2) is 0 Å². The smallest absolute Gasteiger partial charge is 0.379 e. The number of aldehydes is 1.